The topological polar surface area (TPSA) is 72.3 Å². The fourth-order valence-electron chi connectivity index (χ4n) is 3.75. The molecule has 3 aromatic rings. The SMILES string of the molecule is Cc1nn(C(=O)C2CCCN2S(=O)(=O)c2ccc(Cl)cc2)c(C)c1Sc1ccccc1. The van der Waals surface area contributed by atoms with Gasteiger partial charge in [-0.3, -0.25) is 4.79 Å². The van der Waals surface area contributed by atoms with Crippen molar-refractivity contribution in [1.82, 2.24) is 14.1 Å². The maximum atomic E-state index is 13.4. The number of benzene rings is 2. The minimum Gasteiger partial charge on any atom is -0.271 e. The largest absolute Gasteiger partial charge is 0.271 e. The summed E-state index contributed by atoms with van der Waals surface area (Å²) >= 11 is 7.44. The van der Waals surface area contributed by atoms with Gasteiger partial charge < -0.3 is 0 Å². The second kappa shape index (κ2) is 8.78. The zero-order chi connectivity index (χ0) is 22.2. The highest BCUT2D eigenvalue weighted by molar-refractivity contribution is 7.99. The summed E-state index contributed by atoms with van der Waals surface area (Å²) in [7, 11) is -3.81. The van der Waals surface area contributed by atoms with E-state index >= 15 is 0 Å². The molecule has 0 bridgehead atoms. The lowest BCUT2D eigenvalue weighted by molar-refractivity contribution is 0.0813. The lowest BCUT2D eigenvalue weighted by Gasteiger charge is -2.23. The standard InChI is InChI=1S/C22H22ClN3O3S2/c1-15-21(30-18-7-4-3-5-8-18)16(2)26(24-15)22(27)20-9-6-14-25(20)31(28,29)19-12-10-17(23)11-13-19/h3-5,7-8,10-13,20H,6,9,14H2,1-2H3. The highest BCUT2D eigenvalue weighted by atomic mass is 35.5. The second-order valence-electron chi connectivity index (χ2n) is 7.39. The van der Waals surface area contributed by atoms with Crippen LogP contribution in [0.25, 0.3) is 0 Å². The van der Waals surface area contributed by atoms with E-state index in [0.29, 0.717) is 30.1 Å². The van der Waals surface area contributed by atoms with Gasteiger partial charge in [0.2, 0.25) is 10.0 Å². The van der Waals surface area contributed by atoms with E-state index in [0.717, 1.165) is 15.5 Å². The molecule has 1 aliphatic heterocycles. The quantitative estimate of drug-likeness (QED) is 0.530. The third-order valence-corrected chi connectivity index (χ3v) is 8.78. The Balaban J connectivity index is 1.63. The first-order chi connectivity index (χ1) is 14.8. The van der Waals surface area contributed by atoms with Gasteiger partial charge in [0.05, 0.1) is 21.2 Å². The van der Waals surface area contributed by atoms with Crippen LogP contribution in [0.3, 0.4) is 0 Å². The molecule has 0 amide bonds. The van der Waals surface area contributed by atoms with Crippen LogP contribution in [-0.4, -0.2) is 41.0 Å². The van der Waals surface area contributed by atoms with E-state index in [1.165, 1.54) is 33.3 Å². The van der Waals surface area contributed by atoms with E-state index in [2.05, 4.69) is 5.10 Å². The van der Waals surface area contributed by atoms with Gasteiger partial charge in [0.1, 0.15) is 6.04 Å². The molecule has 0 spiro atoms. The Morgan fingerprint density at radius 2 is 1.77 bits per heavy atom. The fraction of sp³-hybridized carbons (Fsp3) is 0.273. The number of aromatic nitrogens is 2. The molecule has 4 rings (SSSR count). The monoisotopic (exact) mass is 475 g/mol. The van der Waals surface area contributed by atoms with Gasteiger partial charge in [-0.1, -0.05) is 41.6 Å². The minimum atomic E-state index is -3.81. The predicted molar refractivity (Wildman–Crippen MR) is 121 cm³/mol. The summed E-state index contributed by atoms with van der Waals surface area (Å²) in [6.45, 7) is 4.00. The highest BCUT2D eigenvalue weighted by Crippen LogP contribution is 2.34. The van der Waals surface area contributed by atoms with E-state index in [1.807, 2.05) is 44.2 Å². The Morgan fingerprint density at radius 3 is 2.45 bits per heavy atom. The van der Waals surface area contributed by atoms with E-state index in [-0.39, 0.29) is 10.8 Å². The molecule has 1 aromatic heterocycles. The first-order valence-electron chi connectivity index (χ1n) is 9.90. The minimum absolute atomic E-state index is 0.130. The number of hydrogen-bond donors (Lipinski definition) is 0. The van der Waals surface area contributed by atoms with Crippen molar-refractivity contribution >= 4 is 39.3 Å². The Kier molecular flexibility index (Phi) is 6.25. The molecule has 1 unspecified atom stereocenters. The van der Waals surface area contributed by atoms with Gasteiger partial charge in [-0.05, 0) is 63.1 Å². The molecule has 162 valence electrons. The molecule has 2 heterocycles. The van der Waals surface area contributed by atoms with Crippen LogP contribution < -0.4 is 0 Å². The number of halogens is 1. The summed E-state index contributed by atoms with van der Waals surface area (Å²) in [5, 5.41) is 4.92. The highest BCUT2D eigenvalue weighted by Gasteiger charge is 2.41. The van der Waals surface area contributed by atoms with Crippen LogP contribution in [-0.2, 0) is 10.0 Å². The molecule has 1 atom stereocenters. The van der Waals surface area contributed by atoms with Gasteiger partial charge in [0, 0.05) is 16.5 Å². The van der Waals surface area contributed by atoms with Crippen molar-refractivity contribution in [3.8, 4) is 0 Å². The molecule has 0 aliphatic carbocycles. The van der Waals surface area contributed by atoms with Gasteiger partial charge in [-0.25, -0.2) is 13.1 Å². The first-order valence-corrected chi connectivity index (χ1v) is 12.5. The Morgan fingerprint density at radius 1 is 1.10 bits per heavy atom. The predicted octanol–water partition coefficient (Wildman–Crippen LogP) is 4.80. The molecule has 6 nitrogen and oxygen atoms in total. The molecule has 1 aliphatic rings. The van der Waals surface area contributed by atoms with Crippen LogP contribution in [0.4, 0.5) is 0 Å². The molecule has 0 N–H and O–H groups in total. The Hall–Kier alpha value is -2.13. The summed E-state index contributed by atoms with van der Waals surface area (Å²) in [6.07, 6.45) is 1.08. The number of aryl methyl sites for hydroxylation is 1. The maximum absolute atomic E-state index is 13.4. The van der Waals surface area contributed by atoms with Crippen molar-refractivity contribution in [1.29, 1.82) is 0 Å². The van der Waals surface area contributed by atoms with Gasteiger partial charge in [-0.2, -0.15) is 9.40 Å². The molecule has 9 heteroatoms. The van der Waals surface area contributed by atoms with Gasteiger partial charge in [0.25, 0.3) is 5.91 Å². The normalized spacial score (nSPS) is 17.2. The molecular formula is C22H22ClN3O3S2. The van der Waals surface area contributed by atoms with Crippen LogP contribution in [0, 0.1) is 13.8 Å². The molecule has 1 saturated heterocycles. The number of sulfonamides is 1. The molecule has 0 radical (unpaired) electrons. The zero-order valence-electron chi connectivity index (χ0n) is 17.2. The summed E-state index contributed by atoms with van der Waals surface area (Å²) in [5.74, 6) is -0.324. The van der Waals surface area contributed by atoms with E-state index < -0.39 is 16.1 Å². The average molecular weight is 476 g/mol. The number of carbonyl (C=O) groups excluding carboxylic acids is 1. The van der Waals surface area contributed by atoms with Crippen molar-refractivity contribution in [3.05, 3.63) is 71.0 Å². The smallest absolute Gasteiger partial charge is 0.265 e. The van der Waals surface area contributed by atoms with Crippen molar-refractivity contribution < 1.29 is 13.2 Å². The summed E-state index contributed by atoms with van der Waals surface area (Å²) in [5.41, 5.74) is 1.46. The van der Waals surface area contributed by atoms with Crippen LogP contribution in [0.5, 0.6) is 0 Å². The van der Waals surface area contributed by atoms with Crippen LogP contribution >= 0.6 is 23.4 Å². The third-order valence-electron chi connectivity index (χ3n) is 5.31. The molecule has 31 heavy (non-hydrogen) atoms. The van der Waals surface area contributed by atoms with Gasteiger partial charge >= 0.3 is 0 Å². The van der Waals surface area contributed by atoms with Crippen LogP contribution in [0.15, 0.2) is 69.3 Å². The zero-order valence-corrected chi connectivity index (χ0v) is 19.5. The summed E-state index contributed by atoms with van der Waals surface area (Å²) in [6, 6.07) is 15.1. The van der Waals surface area contributed by atoms with Crippen molar-refractivity contribution in [2.75, 3.05) is 6.54 Å². The van der Waals surface area contributed by atoms with Gasteiger partial charge in [0.15, 0.2) is 0 Å². The van der Waals surface area contributed by atoms with Crippen LogP contribution in [0.2, 0.25) is 5.02 Å². The van der Waals surface area contributed by atoms with E-state index in [1.54, 1.807) is 11.8 Å². The molecule has 1 fully saturated rings. The Bertz CT molecular complexity index is 1210. The number of hydrogen-bond acceptors (Lipinski definition) is 5. The van der Waals surface area contributed by atoms with Crippen LogP contribution in [0.1, 0.15) is 29.0 Å². The second-order valence-corrected chi connectivity index (χ2v) is 10.8. The summed E-state index contributed by atoms with van der Waals surface area (Å²) < 4.78 is 29.0. The maximum Gasteiger partial charge on any atom is 0.265 e. The van der Waals surface area contributed by atoms with Crippen molar-refractivity contribution in [2.45, 2.75) is 47.4 Å². The van der Waals surface area contributed by atoms with Gasteiger partial charge in [-0.15, -0.1) is 0 Å². The lowest BCUT2D eigenvalue weighted by atomic mass is 10.2. The van der Waals surface area contributed by atoms with Crippen molar-refractivity contribution in [2.24, 2.45) is 0 Å². The Labute approximate surface area is 191 Å². The van der Waals surface area contributed by atoms with E-state index in [4.69, 9.17) is 11.6 Å². The summed E-state index contributed by atoms with van der Waals surface area (Å²) in [4.78, 5) is 15.5. The molecular weight excluding hydrogens is 454 g/mol. The first kappa shape index (κ1) is 22.1. The average Bonchev–Trinajstić information content (AvgIpc) is 3.36. The number of carbonyl (C=O) groups is 1. The number of nitrogens with zero attached hydrogens (tertiary/aromatic N) is 3. The fourth-order valence-corrected chi connectivity index (χ4v) is 6.48. The van der Waals surface area contributed by atoms with Crippen molar-refractivity contribution in [3.63, 3.8) is 0 Å². The molecule has 2 aromatic carbocycles. The lowest BCUT2D eigenvalue weighted by Crippen LogP contribution is -2.43. The third kappa shape index (κ3) is 4.30. The van der Waals surface area contributed by atoms with E-state index in [9.17, 15) is 13.2 Å². The number of rotatable bonds is 5. The molecule has 0 saturated carbocycles.